The first-order valence-electron chi connectivity index (χ1n) is 10.3. The first kappa shape index (κ1) is 25.7. The average Bonchev–Trinajstić information content (AvgIpc) is 3.12. The zero-order valence-electron chi connectivity index (χ0n) is 18.6. The molecule has 1 fully saturated rings. The van der Waals surface area contributed by atoms with Gasteiger partial charge in [-0.3, -0.25) is 14.7 Å². The second-order valence-electron chi connectivity index (χ2n) is 8.81. The van der Waals surface area contributed by atoms with Gasteiger partial charge in [-0.1, -0.05) is 11.6 Å². The average molecular weight is 503 g/mol. The zero-order chi connectivity index (χ0) is 25.3. The SMILES string of the molecule is CC(C)(C)OC(=O)N1C[C@H](F)C[C@H]1C(=O)NCc1cc(Cl)nc(-c2ccc(C(F)(F)F)nc2)c1. The van der Waals surface area contributed by atoms with E-state index < -0.39 is 41.7 Å². The first-order valence-corrected chi connectivity index (χ1v) is 10.7. The number of rotatable bonds is 4. The van der Waals surface area contributed by atoms with Crippen LogP contribution in [0, 0.1) is 0 Å². The van der Waals surface area contributed by atoms with Gasteiger partial charge < -0.3 is 10.1 Å². The predicted molar refractivity (Wildman–Crippen MR) is 116 cm³/mol. The van der Waals surface area contributed by atoms with E-state index in [4.69, 9.17) is 16.3 Å². The summed E-state index contributed by atoms with van der Waals surface area (Å²) in [5.41, 5.74) is -0.776. The van der Waals surface area contributed by atoms with Crippen LogP contribution in [0.3, 0.4) is 0 Å². The maximum absolute atomic E-state index is 14.0. The molecule has 0 aliphatic carbocycles. The normalized spacial score (nSPS) is 18.6. The minimum atomic E-state index is -4.57. The van der Waals surface area contributed by atoms with Crippen LogP contribution in [-0.4, -0.2) is 51.2 Å². The molecule has 1 aliphatic rings. The van der Waals surface area contributed by atoms with Crippen molar-refractivity contribution < 1.29 is 31.9 Å². The van der Waals surface area contributed by atoms with E-state index in [1.807, 2.05) is 0 Å². The summed E-state index contributed by atoms with van der Waals surface area (Å²) in [6.45, 7) is 4.72. The smallest absolute Gasteiger partial charge is 0.433 e. The van der Waals surface area contributed by atoms with Gasteiger partial charge in [0.25, 0.3) is 0 Å². The summed E-state index contributed by atoms with van der Waals surface area (Å²) in [6.07, 6.45) is -5.84. The van der Waals surface area contributed by atoms with Gasteiger partial charge >= 0.3 is 12.3 Å². The molecule has 3 rings (SSSR count). The number of ether oxygens (including phenoxy) is 1. The van der Waals surface area contributed by atoms with Crippen LogP contribution < -0.4 is 5.32 Å². The van der Waals surface area contributed by atoms with Crippen molar-refractivity contribution in [1.29, 1.82) is 0 Å². The van der Waals surface area contributed by atoms with Crippen molar-refractivity contribution in [2.45, 2.75) is 57.7 Å². The quantitative estimate of drug-likeness (QED) is 0.480. The molecule has 3 heterocycles. The maximum Gasteiger partial charge on any atom is 0.433 e. The Morgan fingerprint density at radius 1 is 1.24 bits per heavy atom. The molecule has 34 heavy (non-hydrogen) atoms. The number of carbonyl (C=O) groups is 2. The lowest BCUT2D eigenvalue weighted by Gasteiger charge is -2.27. The molecule has 2 aromatic heterocycles. The number of alkyl halides is 4. The third kappa shape index (κ3) is 6.55. The molecule has 0 unspecified atom stereocenters. The van der Waals surface area contributed by atoms with Gasteiger partial charge in [0, 0.05) is 24.7 Å². The Morgan fingerprint density at radius 2 is 1.94 bits per heavy atom. The molecule has 1 N–H and O–H groups in total. The van der Waals surface area contributed by atoms with Crippen LogP contribution in [-0.2, 0) is 22.3 Å². The number of nitrogens with one attached hydrogen (secondary N) is 1. The molecule has 1 aliphatic heterocycles. The topological polar surface area (TPSA) is 84.4 Å². The van der Waals surface area contributed by atoms with Gasteiger partial charge in [-0.25, -0.2) is 14.2 Å². The highest BCUT2D eigenvalue weighted by atomic mass is 35.5. The lowest BCUT2D eigenvalue weighted by Crippen LogP contribution is -2.47. The predicted octanol–water partition coefficient (Wildman–Crippen LogP) is 4.78. The summed E-state index contributed by atoms with van der Waals surface area (Å²) in [5, 5.41) is 2.70. The van der Waals surface area contributed by atoms with Crippen LogP contribution in [0.4, 0.5) is 22.4 Å². The highest BCUT2D eigenvalue weighted by Gasteiger charge is 2.41. The minimum absolute atomic E-state index is 0.0300. The summed E-state index contributed by atoms with van der Waals surface area (Å²) in [7, 11) is 0. The third-order valence-corrected chi connectivity index (χ3v) is 5.04. The lowest BCUT2D eigenvalue weighted by atomic mass is 10.1. The lowest BCUT2D eigenvalue weighted by molar-refractivity contribution is -0.141. The number of pyridine rings is 2. The fraction of sp³-hybridized carbons (Fsp3) is 0.455. The maximum atomic E-state index is 14.0. The summed E-state index contributed by atoms with van der Waals surface area (Å²) in [4.78, 5) is 33.7. The second kappa shape index (κ2) is 9.73. The Bertz CT molecular complexity index is 1060. The van der Waals surface area contributed by atoms with Crippen molar-refractivity contribution in [2.75, 3.05) is 6.54 Å². The van der Waals surface area contributed by atoms with Crippen molar-refractivity contribution in [3.63, 3.8) is 0 Å². The number of hydrogen-bond acceptors (Lipinski definition) is 5. The Morgan fingerprint density at radius 3 is 2.53 bits per heavy atom. The van der Waals surface area contributed by atoms with Crippen molar-refractivity contribution in [1.82, 2.24) is 20.2 Å². The minimum Gasteiger partial charge on any atom is -0.444 e. The van der Waals surface area contributed by atoms with Crippen molar-refractivity contribution in [3.05, 3.63) is 46.9 Å². The van der Waals surface area contributed by atoms with E-state index >= 15 is 0 Å². The van der Waals surface area contributed by atoms with Crippen LogP contribution in [0.2, 0.25) is 5.15 Å². The fourth-order valence-corrected chi connectivity index (χ4v) is 3.61. The molecule has 0 saturated carbocycles. The summed E-state index contributed by atoms with van der Waals surface area (Å²) >= 11 is 6.05. The molecule has 0 radical (unpaired) electrons. The first-order chi connectivity index (χ1) is 15.7. The third-order valence-electron chi connectivity index (χ3n) is 4.85. The Labute approximate surface area is 198 Å². The summed E-state index contributed by atoms with van der Waals surface area (Å²) < 4.78 is 57.5. The van der Waals surface area contributed by atoms with Gasteiger partial charge in [0.15, 0.2) is 0 Å². The molecule has 2 amide bonds. The van der Waals surface area contributed by atoms with E-state index in [1.54, 1.807) is 20.8 Å². The number of nitrogens with zero attached hydrogens (tertiary/aromatic N) is 3. The molecular formula is C22H23ClF4N4O3. The Balaban J connectivity index is 1.71. The highest BCUT2D eigenvalue weighted by Crippen LogP contribution is 2.29. The molecule has 0 spiro atoms. The van der Waals surface area contributed by atoms with E-state index in [2.05, 4.69) is 15.3 Å². The van der Waals surface area contributed by atoms with E-state index in [-0.39, 0.29) is 30.4 Å². The van der Waals surface area contributed by atoms with Gasteiger partial charge in [-0.05, 0) is 50.6 Å². The van der Waals surface area contributed by atoms with Gasteiger partial charge in [-0.15, -0.1) is 0 Å². The largest absolute Gasteiger partial charge is 0.444 e. The molecule has 2 aromatic rings. The summed E-state index contributed by atoms with van der Waals surface area (Å²) in [5.74, 6) is -0.573. The number of carbonyl (C=O) groups excluding carboxylic acids is 2. The van der Waals surface area contributed by atoms with Gasteiger partial charge in [0.1, 0.15) is 28.7 Å². The van der Waals surface area contributed by atoms with Crippen molar-refractivity contribution in [3.8, 4) is 11.3 Å². The van der Waals surface area contributed by atoms with Crippen molar-refractivity contribution >= 4 is 23.6 Å². The molecule has 0 aromatic carbocycles. The molecular weight excluding hydrogens is 480 g/mol. The van der Waals surface area contributed by atoms with Crippen LogP contribution in [0.15, 0.2) is 30.5 Å². The molecule has 1 saturated heterocycles. The zero-order valence-corrected chi connectivity index (χ0v) is 19.4. The molecule has 2 atom stereocenters. The van der Waals surface area contributed by atoms with Gasteiger partial charge in [0.05, 0.1) is 12.2 Å². The highest BCUT2D eigenvalue weighted by molar-refractivity contribution is 6.29. The van der Waals surface area contributed by atoms with E-state index in [0.717, 1.165) is 17.2 Å². The summed E-state index contributed by atoms with van der Waals surface area (Å²) in [6, 6.07) is 4.02. The van der Waals surface area contributed by atoms with Crippen molar-refractivity contribution in [2.24, 2.45) is 0 Å². The van der Waals surface area contributed by atoms with E-state index in [0.29, 0.717) is 11.1 Å². The number of halogens is 5. The monoisotopic (exact) mass is 502 g/mol. The number of hydrogen-bond donors (Lipinski definition) is 1. The number of aromatic nitrogens is 2. The van der Waals surface area contributed by atoms with Gasteiger partial charge in [0.2, 0.25) is 5.91 Å². The van der Waals surface area contributed by atoms with E-state index in [1.165, 1.54) is 18.2 Å². The second-order valence-corrected chi connectivity index (χ2v) is 9.20. The molecule has 184 valence electrons. The molecule has 0 bridgehead atoms. The number of likely N-dealkylation sites (tertiary alicyclic amines) is 1. The van der Waals surface area contributed by atoms with Gasteiger partial charge in [-0.2, -0.15) is 13.2 Å². The van der Waals surface area contributed by atoms with E-state index in [9.17, 15) is 27.2 Å². The Kier molecular flexibility index (Phi) is 7.35. The molecule has 7 nitrogen and oxygen atoms in total. The standard InChI is InChI=1S/C22H23ClF4N4O3/c1-21(2,3)34-20(33)31-11-14(24)8-16(31)19(32)29-9-12-6-15(30-18(23)7-12)13-4-5-17(28-10-13)22(25,26)27/h4-7,10,14,16H,8-9,11H2,1-3H3,(H,29,32)/t14-,16+/m1/s1. The van der Waals surface area contributed by atoms with Crippen LogP contribution in [0.1, 0.15) is 38.4 Å². The fourth-order valence-electron chi connectivity index (χ4n) is 3.38. The Hall–Kier alpha value is -2.95. The molecule has 12 heteroatoms. The number of amides is 2. The van der Waals surface area contributed by atoms with Crippen LogP contribution in [0.25, 0.3) is 11.3 Å². The van der Waals surface area contributed by atoms with Crippen LogP contribution in [0.5, 0.6) is 0 Å². The van der Waals surface area contributed by atoms with Crippen LogP contribution >= 0.6 is 11.6 Å².